The number of aromatic nitrogens is 3. The molecule has 4 aromatic rings. The molecule has 10 heteroatoms. The van der Waals surface area contributed by atoms with Crippen molar-refractivity contribution in [1.82, 2.24) is 14.8 Å². The van der Waals surface area contributed by atoms with Crippen molar-refractivity contribution < 1.29 is 9.72 Å². The molecule has 0 saturated heterocycles. The third-order valence-electron chi connectivity index (χ3n) is 4.79. The van der Waals surface area contributed by atoms with Crippen LogP contribution in [0.5, 0.6) is 0 Å². The molecule has 0 atom stereocenters. The van der Waals surface area contributed by atoms with Gasteiger partial charge in [0.1, 0.15) is 0 Å². The number of para-hydroxylation sites is 1. The van der Waals surface area contributed by atoms with Crippen LogP contribution in [0.25, 0.3) is 17.1 Å². The minimum Gasteiger partial charge on any atom is -0.325 e. The quantitative estimate of drug-likeness (QED) is 0.191. The van der Waals surface area contributed by atoms with E-state index in [0.29, 0.717) is 16.7 Å². The van der Waals surface area contributed by atoms with E-state index in [1.165, 1.54) is 23.9 Å². The number of non-ortho nitro benzene ring substituents is 1. The van der Waals surface area contributed by atoms with Gasteiger partial charge in [0.2, 0.25) is 5.91 Å². The Kier molecular flexibility index (Phi) is 6.85. The van der Waals surface area contributed by atoms with E-state index in [1.54, 1.807) is 13.0 Å². The topological polar surface area (TPSA) is 103 Å². The SMILES string of the molecule is Cc1ccc([N+](=O)[O-])cc1NC(=O)CSc1nnc(-c2ccc(Br)cc2)n1-c1ccccc1. The second-order valence-electron chi connectivity index (χ2n) is 7.08. The number of aryl methyl sites for hydroxylation is 1. The molecular formula is C23H18BrN5O3S. The highest BCUT2D eigenvalue weighted by atomic mass is 79.9. The van der Waals surface area contributed by atoms with Crippen LogP contribution in [-0.2, 0) is 4.79 Å². The van der Waals surface area contributed by atoms with Gasteiger partial charge in [-0.15, -0.1) is 10.2 Å². The van der Waals surface area contributed by atoms with Gasteiger partial charge in [0.25, 0.3) is 5.69 Å². The molecule has 0 aliphatic carbocycles. The number of nitro benzene ring substituents is 1. The molecule has 1 amide bonds. The number of hydrogen-bond donors (Lipinski definition) is 1. The van der Waals surface area contributed by atoms with Crippen molar-refractivity contribution in [2.45, 2.75) is 12.1 Å². The summed E-state index contributed by atoms with van der Waals surface area (Å²) in [4.78, 5) is 23.2. The van der Waals surface area contributed by atoms with Crippen molar-refractivity contribution in [3.8, 4) is 17.1 Å². The standard InChI is InChI=1S/C23H18BrN5O3S/c1-15-7-12-19(29(31)32)13-20(15)25-21(30)14-33-23-27-26-22(16-8-10-17(24)11-9-16)28(23)18-5-3-2-4-6-18/h2-13H,14H2,1H3,(H,25,30). The summed E-state index contributed by atoms with van der Waals surface area (Å²) in [6.07, 6.45) is 0. The van der Waals surface area contributed by atoms with E-state index in [2.05, 4.69) is 31.4 Å². The molecule has 1 N–H and O–H groups in total. The highest BCUT2D eigenvalue weighted by Crippen LogP contribution is 2.29. The van der Waals surface area contributed by atoms with Gasteiger partial charge < -0.3 is 5.32 Å². The van der Waals surface area contributed by atoms with Gasteiger partial charge in [-0.25, -0.2) is 0 Å². The molecule has 0 bridgehead atoms. The van der Waals surface area contributed by atoms with Gasteiger partial charge in [-0.2, -0.15) is 0 Å². The number of amides is 1. The molecule has 0 aliphatic heterocycles. The number of nitrogens with one attached hydrogen (secondary N) is 1. The van der Waals surface area contributed by atoms with Gasteiger partial charge in [-0.1, -0.05) is 64.1 Å². The third kappa shape index (κ3) is 5.29. The molecule has 0 unspecified atom stereocenters. The molecular weight excluding hydrogens is 506 g/mol. The maximum atomic E-state index is 12.6. The summed E-state index contributed by atoms with van der Waals surface area (Å²) in [7, 11) is 0. The zero-order valence-electron chi connectivity index (χ0n) is 17.4. The lowest BCUT2D eigenvalue weighted by Gasteiger charge is -2.11. The zero-order chi connectivity index (χ0) is 23.4. The maximum absolute atomic E-state index is 12.6. The van der Waals surface area contributed by atoms with Crippen LogP contribution < -0.4 is 5.32 Å². The fourth-order valence-electron chi connectivity index (χ4n) is 3.13. The lowest BCUT2D eigenvalue weighted by molar-refractivity contribution is -0.384. The number of halogens is 1. The molecule has 1 aromatic heterocycles. The predicted octanol–water partition coefficient (Wildman–Crippen LogP) is 5.64. The summed E-state index contributed by atoms with van der Waals surface area (Å²) in [5.74, 6) is 0.426. The van der Waals surface area contributed by atoms with Crippen molar-refractivity contribution in [2.24, 2.45) is 0 Å². The molecule has 8 nitrogen and oxygen atoms in total. The van der Waals surface area contributed by atoms with Crippen LogP contribution in [0, 0.1) is 17.0 Å². The van der Waals surface area contributed by atoms with Gasteiger partial charge >= 0.3 is 0 Å². The Morgan fingerprint density at radius 1 is 1.09 bits per heavy atom. The molecule has 0 fully saturated rings. The Morgan fingerprint density at radius 2 is 1.82 bits per heavy atom. The fraction of sp³-hybridized carbons (Fsp3) is 0.0870. The van der Waals surface area contributed by atoms with E-state index in [1.807, 2.05) is 59.2 Å². The van der Waals surface area contributed by atoms with Crippen LogP contribution in [-0.4, -0.2) is 31.3 Å². The van der Waals surface area contributed by atoms with E-state index in [0.717, 1.165) is 21.3 Å². The monoisotopic (exact) mass is 523 g/mol. The second-order valence-corrected chi connectivity index (χ2v) is 8.94. The number of nitrogens with zero attached hydrogens (tertiary/aromatic N) is 4. The van der Waals surface area contributed by atoms with E-state index < -0.39 is 4.92 Å². The molecule has 0 radical (unpaired) electrons. The van der Waals surface area contributed by atoms with E-state index in [4.69, 9.17) is 0 Å². The Morgan fingerprint density at radius 3 is 2.52 bits per heavy atom. The van der Waals surface area contributed by atoms with Crippen molar-refractivity contribution in [3.05, 3.63) is 92.9 Å². The highest BCUT2D eigenvalue weighted by Gasteiger charge is 2.18. The fourth-order valence-corrected chi connectivity index (χ4v) is 4.15. The minimum absolute atomic E-state index is 0.0629. The summed E-state index contributed by atoms with van der Waals surface area (Å²) in [5.41, 5.74) is 2.83. The summed E-state index contributed by atoms with van der Waals surface area (Å²) < 4.78 is 2.86. The molecule has 33 heavy (non-hydrogen) atoms. The van der Waals surface area contributed by atoms with Gasteiger partial charge in [-0.05, 0) is 36.8 Å². The largest absolute Gasteiger partial charge is 0.325 e. The van der Waals surface area contributed by atoms with Crippen LogP contribution in [0.15, 0.2) is 82.4 Å². The summed E-state index contributed by atoms with van der Waals surface area (Å²) in [6.45, 7) is 1.78. The molecule has 1 heterocycles. The van der Waals surface area contributed by atoms with Crippen LogP contribution in [0.2, 0.25) is 0 Å². The third-order valence-corrected chi connectivity index (χ3v) is 6.25. The van der Waals surface area contributed by atoms with Crippen molar-refractivity contribution in [2.75, 3.05) is 11.1 Å². The first-order valence-corrected chi connectivity index (χ1v) is 11.6. The normalized spacial score (nSPS) is 10.7. The highest BCUT2D eigenvalue weighted by molar-refractivity contribution is 9.10. The summed E-state index contributed by atoms with van der Waals surface area (Å²) >= 11 is 4.68. The summed E-state index contributed by atoms with van der Waals surface area (Å²) in [5, 5.41) is 23.0. The van der Waals surface area contributed by atoms with E-state index in [9.17, 15) is 14.9 Å². The molecule has 3 aromatic carbocycles. The van der Waals surface area contributed by atoms with Crippen LogP contribution >= 0.6 is 27.7 Å². The van der Waals surface area contributed by atoms with Crippen LogP contribution in [0.1, 0.15) is 5.56 Å². The van der Waals surface area contributed by atoms with Gasteiger partial charge in [0, 0.05) is 27.9 Å². The van der Waals surface area contributed by atoms with E-state index in [-0.39, 0.29) is 17.3 Å². The number of carbonyl (C=O) groups is 1. The van der Waals surface area contributed by atoms with Crippen LogP contribution in [0.4, 0.5) is 11.4 Å². The Hall–Kier alpha value is -3.50. The van der Waals surface area contributed by atoms with Crippen molar-refractivity contribution in [3.63, 3.8) is 0 Å². The lowest BCUT2D eigenvalue weighted by Crippen LogP contribution is -2.15. The maximum Gasteiger partial charge on any atom is 0.271 e. The first-order chi connectivity index (χ1) is 15.9. The Balaban J connectivity index is 1.57. The zero-order valence-corrected chi connectivity index (χ0v) is 19.8. The Bertz CT molecular complexity index is 1310. The average Bonchev–Trinajstić information content (AvgIpc) is 3.24. The Labute approximate surface area is 202 Å². The molecule has 0 aliphatic rings. The molecule has 0 spiro atoms. The van der Waals surface area contributed by atoms with Crippen molar-refractivity contribution >= 4 is 45.0 Å². The number of nitro groups is 1. The van der Waals surface area contributed by atoms with Crippen molar-refractivity contribution in [1.29, 1.82) is 0 Å². The minimum atomic E-state index is -0.490. The van der Waals surface area contributed by atoms with E-state index >= 15 is 0 Å². The van der Waals surface area contributed by atoms with Gasteiger partial charge in [0.05, 0.1) is 16.4 Å². The average molecular weight is 524 g/mol. The predicted molar refractivity (Wildman–Crippen MR) is 132 cm³/mol. The number of carbonyl (C=O) groups excluding carboxylic acids is 1. The van der Waals surface area contributed by atoms with Gasteiger partial charge in [0.15, 0.2) is 11.0 Å². The number of thioether (sulfide) groups is 1. The lowest BCUT2D eigenvalue weighted by atomic mass is 10.2. The van der Waals surface area contributed by atoms with Gasteiger partial charge in [-0.3, -0.25) is 19.5 Å². The molecule has 0 saturated carbocycles. The number of rotatable bonds is 7. The first kappa shape index (κ1) is 22.7. The summed E-state index contributed by atoms with van der Waals surface area (Å²) in [6, 6.07) is 21.8. The first-order valence-electron chi connectivity index (χ1n) is 9.87. The van der Waals surface area contributed by atoms with Crippen LogP contribution in [0.3, 0.4) is 0 Å². The number of anilines is 1. The number of benzene rings is 3. The second kappa shape index (κ2) is 9.97. The number of hydrogen-bond acceptors (Lipinski definition) is 6. The molecule has 166 valence electrons. The molecule has 4 rings (SSSR count). The smallest absolute Gasteiger partial charge is 0.271 e.